The molecule has 2 atom stereocenters. The molecule has 2 heterocycles. The quantitative estimate of drug-likeness (QED) is 0.797. The largest absolute Gasteiger partial charge is 0.294 e. The Balaban J connectivity index is 1.79. The molecule has 22 heavy (non-hydrogen) atoms. The fraction of sp³-hybridized carbons (Fsp3) is 0.611. The van der Waals surface area contributed by atoms with E-state index in [0.717, 1.165) is 24.8 Å². The van der Waals surface area contributed by atoms with Crippen molar-refractivity contribution in [1.29, 1.82) is 0 Å². The fourth-order valence-electron chi connectivity index (χ4n) is 3.89. The van der Waals surface area contributed by atoms with Gasteiger partial charge < -0.3 is 0 Å². The number of carbonyl (C=O) groups is 1. The third kappa shape index (κ3) is 2.73. The molecule has 2 unspecified atom stereocenters. The highest BCUT2D eigenvalue weighted by Gasteiger charge is 2.45. The molecule has 0 radical (unpaired) electrons. The van der Waals surface area contributed by atoms with Crippen LogP contribution in [0.5, 0.6) is 0 Å². The minimum Gasteiger partial charge on any atom is -0.294 e. The number of rotatable bonds is 3. The van der Waals surface area contributed by atoms with Gasteiger partial charge in [-0.25, -0.2) is 8.42 Å². The maximum atomic E-state index is 12.7. The second-order valence-corrected chi connectivity index (χ2v) is 9.58. The Morgan fingerprint density at radius 1 is 1.05 bits per heavy atom. The first-order valence-corrected chi connectivity index (χ1v) is 9.87. The summed E-state index contributed by atoms with van der Waals surface area (Å²) in [6.45, 7) is 4.26. The molecule has 0 aliphatic carbocycles. The summed E-state index contributed by atoms with van der Waals surface area (Å²) in [6, 6.07) is 7.82. The molecule has 1 aromatic rings. The van der Waals surface area contributed by atoms with Gasteiger partial charge in [-0.2, -0.15) is 0 Å². The van der Waals surface area contributed by atoms with Crippen molar-refractivity contribution in [2.45, 2.75) is 62.4 Å². The Morgan fingerprint density at radius 3 is 2.09 bits per heavy atom. The first kappa shape index (κ1) is 15.7. The van der Waals surface area contributed by atoms with E-state index in [0.29, 0.717) is 18.8 Å². The van der Waals surface area contributed by atoms with E-state index in [1.54, 1.807) is 0 Å². The van der Waals surface area contributed by atoms with Gasteiger partial charge in [0.05, 0.1) is 10.5 Å². The molecule has 4 heteroatoms. The molecule has 0 amide bonds. The van der Waals surface area contributed by atoms with E-state index in [2.05, 4.69) is 13.8 Å². The summed E-state index contributed by atoms with van der Waals surface area (Å²) >= 11 is 0. The SMILES string of the molecule is CC(C)c1ccc(C(=O)C2CC3CCCC(C2)S3(=O)=O)cc1. The highest BCUT2D eigenvalue weighted by molar-refractivity contribution is 7.92. The number of Topliss-reactive ketones (excluding diaryl/α,β-unsaturated/α-hetero) is 1. The van der Waals surface area contributed by atoms with Crippen molar-refractivity contribution in [1.82, 2.24) is 0 Å². The van der Waals surface area contributed by atoms with E-state index in [-0.39, 0.29) is 22.2 Å². The highest BCUT2D eigenvalue weighted by atomic mass is 32.2. The number of hydrogen-bond donors (Lipinski definition) is 0. The summed E-state index contributed by atoms with van der Waals surface area (Å²) in [5.74, 6) is 0.453. The van der Waals surface area contributed by atoms with Gasteiger partial charge in [-0.15, -0.1) is 0 Å². The average Bonchev–Trinajstić information content (AvgIpc) is 2.45. The van der Waals surface area contributed by atoms with E-state index in [1.165, 1.54) is 5.56 Å². The molecule has 2 bridgehead atoms. The maximum absolute atomic E-state index is 12.7. The van der Waals surface area contributed by atoms with E-state index in [4.69, 9.17) is 0 Å². The predicted octanol–water partition coefficient (Wildman–Crippen LogP) is 3.74. The van der Waals surface area contributed by atoms with Crippen molar-refractivity contribution in [3.05, 3.63) is 35.4 Å². The van der Waals surface area contributed by atoms with Crippen molar-refractivity contribution >= 4 is 15.6 Å². The van der Waals surface area contributed by atoms with Crippen LogP contribution in [0.1, 0.15) is 67.8 Å². The summed E-state index contributed by atoms with van der Waals surface area (Å²) in [4.78, 5) is 12.7. The zero-order valence-electron chi connectivity index (χ0n) is 13.3. The lowest BCUT2D eigenvalue weighted by Crippen LogP contribution is -2.45. The van der Waals surface area contributed by atoms with Gasteiger partial charge >= 0.3 is 0 Å². The van der Waals surface area contributed by atoms with Crippen LogP contribution in [-0.2, 0) is 9.84 Å². The molecular formula is C18H24O3S. The van der Waals surface area contributed by atoms with Crippen molar-refractivity contribution in [3.8, 4) is 0 Å². The molecule has 2 saturated heterocycles. The third-order valence-electron chi connectivity index (χ3n) is 5.31. The monoisotopic (exact) mass is 320 g/mol. The van der Waals surface area contributed by atoms with Crippen molar-refractivity contribution in [3.63, 3.8) is 0 Å². The second-order valence-electron chi connectivity index (χ2n) is 7.07. The Morgan fingerprint density at radius 2 is 1.59 bits per heavy atom. The van der Waals surface area contributed by atoms with E-state index in [1.807, 2.05) is 24.3 Å². The molecule has 2 aliphatic heterocycles. The molecule has 0 spiro atoms. The van der Waals surface area contributed by atoms with Gasteiger partial charge in [-0.1, -0.05) is 44.5 Å². The molecule has 2 fully saturated rings. The Hall–Kier alpha value is -1.16. The summed E-state index contributed by atoms with van der Waals surface area (Å²) in [6.07, 6.45) is 3.48. The van der Waals surface area contributed by atoms with Crippen LogP contribution in [0.4, 0.5) is 0 Å². The molecule has 0 saturated carbocycles. The van der Waals surface area contributed by atoms with Crippen LogP contribution < -0.4 is 0 Å². The predicted molar refractivity (Wildman–Crippen MR) is 87.9 cm³/mol. The second kappa shape index (κ2) is 5.80. The lowest BCUT2D eigenvalue weighted by Gasteiger charge is -2.38. The van der Waals surface area contributed by atoms with Gasteiger partial charge in [-0.05, 0) is 37.2 Å². The van der Waals surface area contributed by atoms with E-state index < -0.39 is 9.84 Å². The molecule has 3 rings (SSSR count). The van der Waals surface area contributed by atoms with Crippen molar-refractivity contribution in [2.75, 3.05) is 0 Å². The number of carbonyl (C=O) groups excluding carboxylic acids is 1. The standard InChI is InChI=1S/C18H24O3S/c1-12(2)13-6-8-14(9-7-13)18(19)15-10-16-4-3-5-17(11-15)22(16,20)21/h6-9,12,15-17H,3-5,10-11H2,1-2H3. The number of hydrogen-bond acceptors (Lipinski definition) is 3. The number of benzene rings is 1. The smallest absolute Gasteiger partial charge is 0.166 e. The summed E-state index contributed by atoms with van der Waals surface area (Å²) < 4.78 is 24.6. The Labute approximate surface area is 133 Å². The van der Waals surface area contributed by atoms with Gasteiger partial charge in [0.25, 0.3) is 0 Å². The topological polar surface area (TPSA) is 51.2 Å². The van der Waals surface area contributed by atoms with Gasteiger partial charge in [-0.3, -0.25) is 4.79 Å². The average molecular weight is 320 g/mol. The van der Waals surface area contributed by atoms with E-state index >= 15 is 0 Å². The normalized spacial score (nSPS) is 30.2. The lowest BCUT2D eigenvalue weighted by molar-refractivity contribution is 0.0894. The summed E-state index contributed by atoms with van der Waals surface area (Å²) in [5.41, 5.74) is 1.95. The van der Waals surface area contributed by atoms with Crippen LogP contribution >= 0.6 is 0 Å². The van der Waals surface area contributed by atoms with Crippen LogP contribution in [0, 0.1) is 5.92 Å². The first-order valence-electron chi connectivity index (χ1n) is 8.26. The highest BCUT2D eigenvalue weighted by Crippen LogP contribution is 2.40. The van der Waals surface area contributed by atoms with Gasteiger partial charge in [0, 0.05) is 11.5 Å². The molecule has 3 nitrogen and oxygen atoms in total. The Bertz CT molecular complexity index is 638. The zero-order valence-corrected chi connectivity index (χ0v) is 14.1. The van der Waals surface area contributed by atoms with Crippen LogP contribution in [0.25, 0.3) is 0 Å². The zero-order chi connectivity index (χ0) is 15.9. The molecule has 120 valence electrons. The van der Waals surface area contributed by atoms with Crippen molar-refractivity contribution < 1.29 is 13.2 Å². The van der Waals surface area contributed by atoms with Gasteiger partial charge in [0.15, 0.2) is 15.6 Å². The fourth-order valence-corrected chi connectivity index (χ4v) is 6.43. The minimum absolute atomic E-state index is 0.122. The van der Waals surface area contributed by atoms with Gasteiger partial charge in [0.1, 0.15) is 0 Å². The molecule has 0 N–H and O–H groups in total. The van der Waals surface area contributed by atoms with Gasteiger partial charge in [0.2, 0.25) is 0 Å². The van der Waals surface area contributed by atoms with Crippen LogP contribution in [0.3, 0.4) is 0 Å². The number of ketones is 1. The van der Waals surface area contributed by atoms with Crippen LogP contribution in [0.2, 0.25) is 0 Å². The summed E-state index contributed by atoms with van der Waals surface area (Å²) in [5, 5.41) is -0.576. The molecular weight excluding hydrogens is 296 g/mol. The first-order chi connectivity index (χ1) is 10.4. The Kier molecular flexibility index (Phi) is 4.15. The number of fused-ring (bicyclic) bond motifs is 2. The molecule has 0 aromatic heterocycles. The molecule has 1 aromatic carbocycles. The van der Waals surface area contributed by atoms with Crippen LogP contribution in [0.15, 0.2) is 24.3 Å². The minimum atomic E-state index is -2.98. The lowest BCUT2D eigenvalue weighted by atomic mass is 9.84. The van der Waals surface area contributed by atoms with E-state index in [9.17, 15) is 13.2 Å². The maximum Gasteiger partial charge on any atom is 0.166 e. The van der Waals surface area contributed by atoms with Crippen molar-refractivity contribution in [2.24, 2.45) is 5.92 Å². The number of sulfone groups is 1. The summed E-state index contributed by atoms with van der Waals surface area (Å²) in [7, 11) is -2.98. The molecule has 2 aliphatic rings. The third-order valence-corrected chi connectivity index (χ3v) is 8.02. The van der Waals surface area contributed by atoms with Crippen LogP contribution in [-0.4, -0.2) is 24.7 Å².